The minimum Gasteiger partial charge on any atom is -0.460 e. The van der Waals surface area contributed by atoms with E-state index in [-0.39, 0.29) is 17.5 Å². The predicted octanol–water partition coefficient (Wildman–Crippen LogP) is 4.33. The van der Waals surface area contributed by atoms with E-state index in [1.807, 2.05) is 30.3 Å². The number of carbonyl (C=O) groups excluding carboxylic acids is 3. The molecule has 4 aromatic rings. The third-order valence-electron chi connectivity index (χ3n) is 8.25. The second-order valence-corrected chi connectivity index (χ2v) is 18.7. The van der Waals surface area contributed by atoms with Gasteiger partial charge in [-0.2, -0.15) is 13.2 Å². The van der Waals surface area contributed by atoms with Crippen LogP contribution in [0.25, 0.3) is 11.1 Å². The second-order valence-electron chi connectivity index (χ2n) is 12.7. The van der Waals surface area contributed by atoms with Crippen molar-refractivity contribution in [3.05, 3.63) is 89.1 Å². The number of pyridine rings is 1. The van der Waals surface area contributed by atoms with E-state index in [1.54, 1.807) is 18.2 Å². The summed E-state index contributed by atoms with van der Waals surface area (Å²) in [7, 11) is -8.57. The number of halogens is 3. The van der Waals surface area contributed by atoms with E-state index in [1.165, 1.54) is 19.4 Å². The van der Waals surface area contributed by atoms with Crippen molar-refractivity contribution >= 4 is 48.8 Å². The van der Waals surface area contributed by atoms with Crippen molar-refractivity contribution in [3.63, 3.8) is 0 Å². The summed E-state index contributed by atoms with van der Waals surface area (Å²) >= 11 is 0.842. The Morgan fingerprint density at radius 3 is 2.00 bits per heavy atom. The average Bonchev–Trinajstić information content (AvgIpc) is 3.67. The van der Waals surface area contributed by atoms with Crippen molar-refractivity contribution in [2.24, 2.45) is 0 Å². The van der Waals surface area contributed by atoms with E-state index in [9.17, 15) is 44.4 Å². The van der Waals surface area contributed by atoms with Gasteiger partial charge in [-0.05, 0) is 81.0 Å². The topological polar surface area (TPSA) is 191 Å². The molecule has 0 saturated carbocycles. The molecule has 4 rings (SSSR count). The van der Waals surface area contributed by atoms with Gasteiger partial charge in [-0.1, -0.05) is 53.8 Å². The highest BCUT2D eigenvalue weighted by molar-refractivity contribution is 7.95. The van der Waals surface area contributed by atoms with Crippen LogP contribution in [0.15, 0.2) is 81.7 Å². The van der Waals surface area contributed by atoms with Gasteiger partial charge in [0.15, 0.2) is 14.5 Å². The maximum Gasteiger partial charge on any atom is 0.417 e. The van der Waals surface area contributed by atoms with Gasteiger partial charge in [-0.25, -0.2) is 21.8 Å². The quantitative estimate of drug-likeness (QED) is 0.129. The smallest absolute Gasteiger partial charge is 0.417 e. The van der Waals surface area contributed by atoms with Gasteiger partial charge in [0, 0.05) is 12.7 Å². The molecule has 284 valence electrons. The normalized spacial score (nSPS) is 12.6. The van der Waals surface area contributed by atoms with Gasteiger partial charge in [-0.15, -0.1) is 10.2 Å². The fourth-order valence-electron chi connectivity index (χ4n) is 4.75. The van der Waals surface area contributed by atoms with Crippen LogP contribution >= 0.6 is 11.3 Å². The lowest BCUT2D eigenvalue weighted by atomic mass is 9.99. The van der Waals surface area contributed by atoms with Gasteiger partial charge in [0.05, 0.1) is 5.56 Å². The van der Waals surface area contributed by atoms with Gasteiger partial charge in [0.2, 0.25) is 35.8 Å². The van der Waals surface area contributed by atoms with Gasteiger partial charge in [0.1, 0.15) is 18.7 Å². The molecule has 0 aliphatic rings. The number of alkyl halides is 3. The van der Waals surface area contributed by atoms with Crippen LogP contribution in [0.1, 0.15) is 50.8 Å². The number of aryl methyl sites for hydroxylation is 1. The summed E-state index contributed by atoms with van der Waals surface area (Å²) in [6, 6.07) is 16.0. The minimum absolute atomic E-state index is 0.162. The molecule has 0 aliphatic carbocycles. The number of benzene rings is 2. The highest BCUT2D eigenvalue weighted by Crippen LogP contribution is 2.31. The molecule has 2 amide bonds. The van der Waals surface area contributed by atoms with Gasteiger partial charge in [0.25, 0.3) is 0 Å². The molecule has 13 nitrogen and oxygen atoms in total. The van der Waals surface area contributed by atoms with E-state index in [2.05, 4.69) is 25.8 Å². The summed E-state index contributed by atoms with van der Waals surface area (Å²) in [5, 5.41) is 11.3. The maximum atomic E-state index is 13.0. The zero-order valence-corrected chi connectivity index (χ0v) is 31.4. The van der Waals surface area contributed by atoms with E-state index >= 15 is 0 Å². The fourth-order valence-corrected chi connectivity index (χ4v) is 8.47. The number of amides is 2. The molecule has 2 aromatic heterocycles. The van der Waals surface area contributed by atoms with Crippen LogP contribution in [-0.4, -0.2) is 72.4 Å². The number of sulfone groups is 2. The van der Waals surface area contributed by atoms with Crippen molar-refractivity contribution in [1.82, 2.24) is 25.8 Å². The molecular weight excluding hydrogens is 760 g/mol. The van der Waals surface area contributed by atoms with Crippen LogP contribution in [0.5, 0.6) is 0 Å². The standard InChI is InChI=1S/C34H36F3N5O8S3/c1-32(2,52(46,47)27-14-13-26(18-39-27)34(35,36)37)30(45)40-19-28(43)50-20-23-9-6-12-25(17-23)24-11-5-8-22(16-24)10-7-15-38-29(44)33(3,4)53(48,49)31-42-41-21-51-31/h5-6,8-9,11-14,16-18,21H,7,10,15,19-20H2,1-4H3,(H,38,44)(H,40,45). The Labute approximate surface area is 308 Å². The van der Waals surface area contributed by atoms with Crippen molar-refractivity contribution in [3.8, 4) is 11.1 Å². The molecule has 0 aliphatic heterocycles. The summed E-state index contributed by atoms with van der Waals surface area (Å²) in [4.78, 5) is 41.4. The van der Waals surface area contributed by atoms with E-state index in [0.29, 0.717) is 36.7 Å². The Morgan fingerprint density at radius 1 is 0.811 bits per heavy atom. The summed E-state index contributed by atoms with van der Waals surface area (Å²) < 4.78 is 91.4. The Morgan fingerprint density at radius 2 is 1.42 bits per heavy atom. The van der Waals surface area contributed by atoms with E-state index < -0.39 is 70.3 Å². The Kier molecular flexibility index (Phi) is 12.5. The number of esters is 1. The molecule has 2 heterocycles. The SMILES string of the molecule is CC(C)(C(=O)NCC(=O)OCc1cccc(-c2cccc(CCCNC(=O)C(C)(C)S(=O)(=O)c3nncs3)c2)c1)S(=O)(=O)c1ccc(C(F)(F)F)cn1. The first-order chi connectivity index (χ1) is 24.7. The molecule has 0 radical (unpaired) electrons. The lowest BCUT2D eigenvalue weighted by Crippen LogP contribution is -2.49. The van der Waals surface area contributed by atoms with E-state index in [0.717, 1.165) is 41.9 Å². The van der Waals surface area contributed by atoms with Crippen LogP contribution in [0.2, 0.25) is 0 Å². The number of aromatic nitrogens is 3. The van der Waals surface area contributed by atoms with Crippen molar-refractivity contribution in [1.29, 1.82) is 0 Å². The number of rotatable bonds is 15. The maximum absolute atomic E-state index is 13.0. The minimum atomic E-state index is -4.73. The third kappa shape index (κ3) is 9.44. The number of hydrogen-bond donors (Lipinski definition) is 2. The van der Waals surface area contributed by atoms with Crippen LogP contribution in [0.3, 0.4) is 0 Å². The van der Waals surface area contributed by atoms with Gasteiger partial charge >= 0.3 is 12.1 Å². The summed E-state index contributed by atoms with van der Waals surface area (Å²) in [6.45, 7) is 4.13. The number of nitrogens with zero attached hydrogens (tertiary/aromatic N) is 3. The number of ether oxygens (including phenoxy) is 1. The number of hydrogen-bond acceptors (Lipinski definition) is 12. The molecule has 0 unspecified atom stereocenters. The van der Waals surface area contributed by atoms with E-state index in [4.69, 9.17) is 4.74 Å². The van der Waals surface area contributed by atoms with Crippen molar-refractivity contribution in [2.75, 3.05) is 13.1 Å². The Bertz CT molecular complexity index is 2170. The highest BCUT2D eigenvalue weighted by Gasteiger charge is 2.45. The first kappa shape index (κ1) is 41.0. The molecule has 19 heteroatoms. The number of carbonyl (C=O) groups is 3. The molecule has 0 atom stereocenters. The summed E-state index contributed by atoms with van der Waals surface area (Å²) in [5.74, 6) is -2.59. The monoisotopic (exact) mass is 795 g/mol. The molecule has 53 heavy (non-hydrogen) atoms. The second kappa shape index (κ2) is 16.1. The van der Waals surface area contributed by atoms with Crippen LogP contribution < -0.4 is 10.6 Å². The molecule has 0 spiro atoms. The van der Waals surface area contributed by atoms with Crippen LogP contribution in [0, 0.1) is 0 Å². The fraction of sp³-hybridized carbons (Fsp3) is 0.353. The molecule has 2 aromatic carbocycles. The lowest BCUT2D eigenvalue weighted by Gasteiger charge is -2.23. The van der Waals surface area contributed by atoms with Gasteiger partial charge < -0.3 is 15.4 Å². The van der Waals surface area contributed by atoms with Crippen molar-refractivity contribution < 1.29 is 49.1 Å². The Balaban J connectivity index is 1.27. The molecule has 0 bridgehead atoms. The average molecular weight is 796 g/mol. The lowest BCUT2D eigenvalue weighted by molar-refractivity contribution is -0.145. The Hall–Kier alpha value is -4.75. The zero-order chi connectivity index (χ0) is 39.2. The first-order valence-electron chi connectivity index (χ1n) is 15.9. The summed E-state index contributed by atoms with van der Waals surface area (Å²) in [5.41, 5.74) is 3.39. The predicted molar refractivity (Wildman–Crippen MR) is 188 cm³/mol. The largest absolute Gasteiger partial charge is 0.460 e. The molecular formula is C34H36F3N5O8S3. The van der Waals surface area contributed by atoms with Crippen LogP contribution in [0.4, 0.5) is 13.2 Å². The number of nitrogens with one attached hydrogen (secondary N) is 2. The highest BCUT2D eigenvalue weighted by atomic mass is 32.2. The molecule has 0 saturated heterocycles. The summed E-state index contributed by atoms with van der Waals surface area (Å²) in [6.07, 6.45) is -3.25. The molecule has 2 N–H and O–H groups in total. The zero-order valence-electron chi connectivity index (χ0n) is 28.9. The van der Waals surface area contributed by atoms with Crippen molar-refractivity contribution in [2.45, 2.75) is 72.2 Å². The first-order valence-corrected chi connectivity index (χ1v) is 19.7. The van der Waals surface area contributed by atoms with Gasteiger partial charge in [-0.3, -0.25) is 14.4 Å². The molecule has 0 fully saturated rings. The van der Waals surface area contributed by atoms with Crippen LogP contribution in [-0.2, 0) is 58.0 Å². The third-order valence-corrected chi connectivity index (χ3v) is 14.1.